The van der Waals surface area contributed by atoms with Crippen molar-refractivity contribution in [1.29, 1.82) is 0 Å². The van der Waals surface area contributed by atoms with Gasteiger partial charge in [-0.05, 0) is 60.5 Å². The second-order valence-corrected chi connectivity index (χ2v) is 8.30. The first-order valence-corrected chi connectivity index (χ1v) is 11.9. The van der Waals surface area contributed by atoms with E-state index in [4.69, 9.17) is 4.74 Å². The molecule has 3 rings (SSSR count). The number of para-hydroxylation sites is 1. The van der Waals surface area contributed by atoms with Crippen LogP contribution in [-0.4, -0.2) is 57.3 Å². The van der Waals surface area contributed by atoms with E-state index in [-0.39, 0.29) is 12.5 Å². The number of methoxy groups -OCH3 is 2. The molecule has 196 valence electrons. The number of aliphatic hydroxyl groups excluding tert-OH is 1. The van der Waals surface area contributed by atoms with E-state index in [1.165, 1.54) is 14.2 Å². The average Bonchev–Trinajstić information content (AvgIpc) is 2.93. The number of aliphatic hydroxyl groups is 1. The van der Waals surface area contributed by atoms with Crippen LogP contribution >= 0.6 is 0 Å². The molecule has 0 saturated heterocycles. The Kier molecular flexibility index (Phi) is 10.8. The summed E-state index contributed by atoms with van der Waals surface area (Å²) in [5.41, 5.74) is 3.37. The van der Waals surface area contributed by atoms with E-state index in [1.54, 1.807) is 0 Å². The Morgan fingerprint density at radius 3 is 1.78 bits per heavy atom. The van der Waals surface area contributed by atoms with Gasteiger partial charge in [0.25, 0.3) is 0 Å². The molecule has 0 aliphatic carbocycles. The van der Waals surface area contributed by atoms with Crippen LogP contribution in [0.2, 0.25) is 0 Å². The third-order valence-electron chi connectivity index (χ3n) is 5.67. The van der Waals surface area contributed by atoms with E-state index >= 15 is 0 Å². The van der Waals surface area contributed by atoms with Crippen molar-refractivity contribution in [2.24, 2.45) is 0 Å². The molecule has 0 unspecified atom stereocenters. The van der Waals surface area contributed by atoms with Crippen LogP contribution < -0.4 is 20.7 Å². The zero-order valence-corrected chi connectivity index (χ0v) is 21.0. The van der Waals surface area contributed by atoms with Crippen molar-refractivity contribution in [1.82, 2.24) is 5.32 Å². The zero-order valence-electron chi connectivity index (χ0n) is 21.0. The maximum Gasteiger partial charge on any atom is 0.411 e. The monoisotopic (exact) mass is 507 g/mol. The van der Waals surface area contributed by atoms with Crippen LogP contribution in [0.4, 0.5) is 21.0 Å². The average molecular weight is 508 g/mol. The van der Waals surface area contributed by atoms with Gasteiger partial charge in [-0.15, -0.1) is 0 Å². The van der Waals surface area contributed by atoms with Crippen LogP contribution in [0.25, 0.3) is 0 Å². The molecular weight excluding hydrogens is 474 g/mol. The lowest BCUT2D eigenvalue weighted by molar-refractivity contribution is 0.106. The molecule has 0 heterocycles. The Bertz CT molecular complexity index is 1050. The lowest BCUT2D eigenvalue weighted by Gasteiger charge is -2.20. The number of carbonyl (C=O) groups is 2. The summed E-state index contributed by atoms with van der Waals surface area (Å²) in [5, 5.41) is 18.9. The Labute approximate surface area is 216 Å². The summed E-state index contributed by atoms with van der Waals surface area (Å²) < 4.78 is 14.9. The van der Waals surface area contributed by atoms with Gasteiger partial charge in [-0.25, -0.2) is 9.59 Å². The van der Waals surface area contributed by atoms with Gasteiger partial charge < -0.3 is 24.6 Å². The van der Waals surface area contributed by atoms with Crippen LogP contribution in [0.5, 0.6) is 5.75 Å². The molecule has 0 fully saturated rings. The van der Waals surface area contributed by atoms with E-state index in [0.29, 0.717) is 24.5 Å². The standard InChI is InChI=1S/C28H33N3O6/c1-35-27(33)30-22-12-8-20(9-13-22)26(21-10-14-23(15-11-21)31-28(34)36-2)16-17-29-18-24(32)19-37-25-6-4-3-5-7-25/h3-15,24,26,29,32H,16-19H2,1-2H3,(H,30,33)(H,31,34)/t24-/m0/s1. The number of nitrogens with one attached hydrogen (secondary N) is 3. The molecule has 37 heavy (non-hydrogen) atoms. The summed E-state index contributed by atoms with van der Waals surface area (Å²) in [6, 6.07) is 24.5. The maximum absolute atomic E-state index is 11.5. The second kappa shape index (κ2) is 14.5. The number of ether oxygens (including phenoxy) is 3. The molecule has 3 aromatic carbocycles. The summed E-state index contributed by atoms with van der Waals surface area (Å²) in [4.78, 5) is 23.0. The summed E-state index contributed by atoms with van der Waals surface area (Å²) in [6.07, 6.45) is -0.959. The smallest absolute Gasteiger partial charge is 0.411 e. The zero-order chi connectivity index (χ0) is 26.5. The molecule has 0 aliphatic rings. The van der Waals surface area contributed by atoms with Crippen molar-refractivity contribution >= 4 is 23.6 Å². The van der Waals surface area contributed by atoms with Crippen molar-refractivity contribution in [3.05, 3.63) is 90.0 Å². The fraction of sp³-hybridized carbons (Fsp3) is 0.286. The highest BCUT2D eigenvalue weighted by molar-refractivity contribution is 5.85. The highest BCUT2D eigenvalue weighted by Gasteiger charge is 2.16. The summed E-state index contributed by atoms with van der Waals surface area (Å²) >= 11 is 0. The van der Waals surface area contributed by atoms with Crippen molar-refractivity contribution in [2.45, 2.75) is 18.4 Å². The Balaban J connectivity index is 1.62. The van der Waals surface area contributed by atoms with Gasteiger partial charge in [-0.2, -0.15) is 0 Å². The van der Waals surface area contributed by atoms with Gasteiger partial charge in [-0.1, -0.05) is 42.5 Å². The number of amides is 2. The van der Waals surface area contributed by atoms with Gasteiger partial charge in [0.05, 0.1) is 14.2 Å². The first kappa shape index (κ1) is 27.5. The van der Waals surface area contributed by atoms with Crippen LogP contribution in [0, 0.1) is 0 Å². The van der Waals surface area contributed by atoms with Crippen molar-refractivity contribution in [3.8, 4) is 5.75 Å². The van der Waals surface area contributed by atoms with E-state index in [9.17, 15) is 14.7 Å². The minimum Gasteiger partial charge on any atom is -0.491 e. The summed E-state index contributed by atoms with van der Waals surface area (Å²) in [5.74, 6) is 0.751. The molecule has 1 atom stereocenters. The molecular formula is C28H33N3O6. The van der Waals surface area contributed by atoms with Crippen LogP contribution in [0.15, 0.2) is 78.9 Å². The predicted molar refractivity (Wildman–Crippen MR) is 142 cm³/mol. The second-order valence-electron chi connectivity index (χ2n) is 8.30. The lowest BCUT2D eigenvalue weighted by Crippen LogP contribution is -2.32. The largest absolute Gasteiger partial charge is 0.491 e. The molecule has 0 saturated carbocycles. The molecule has 0 aliphatic heterocycles. The SMILES string of the molecule is COC(=O)Nc1ccc(C(CCNC[C@H](O)COc2ccccc2)c2ccc(NC(=O)OC)cc2)cc1. The molecule has 9 heteroatoms. The van der Waals surface area contributed by atoms with Crippen LogP contribution in [-0.2, 0) is 9.47 Å². The first-order valence-electron chi connectivity index (χ1n) is 11.9. The lowest BCUT2D eigenvalue weighted by atomic mass is 9.88. The Morgan fingerprint density at radius 1 is 0.784 bits per heavy atom. The van der Waals surface area contributed by atoms with E-state index < -0.39 is 18.3 Å². The van der Waals surface area contributed by atoms with Gasteiger partial charge in [-0.3, -0.25) is 10.6 Å². The third-order valence-corrected chi connectivity index (χ3v) is 5.67. The van der Waals surface area contributed by atoms with Crippen molar-refractivity contribution in [2.75, 3.05) is 44.5 Å². The van der Waals surface area contributed by atoms with Crippen molar-refractivity contribution in [3.63, 3.8) is 0 Å². The van der Waals surface area contributed by atoms with Gasteiger partial charge in [0.2, 0.25) is 0 Å². The molecule has 2 amide bonds. The number of rotatable bonds is 12. The van der Waals surface area contributed by atoms with E-state index in [1.807, 2.05) is 78.9 Å². The Morgan fingerprint density at radius 2 is 1.30 bits per heavy atom. The summed E-state index contributed by atoms with van der Waals surface area (Å²) in [7, 11) is 2.63. The minimum absolute atomic E-state index is 0.0320. The van der Waals surface area contributed by atoms with Gasteiger partial charge in [0, 0.05) is 23.8 Å². The molecule has 0 bridgehead atoms. The molecule has 4 N–H and O–H groups in total. The molecule has 3 aromatic rings. The fourth-order valence-electron chi connectivity index (χ4n) is 3.74. The topological polar surface area (TPSA) is 118 Å². The number of carbonyl (C=O) groups excluding carboxylic acids is 2. The highest BCUT2D eigenvalue weighted by atomic mass is 16.5. The quantitative estimate of drug-likeness (QED) is 0.265. The summed E-state index contributed by atoms with van der Waals surface area (Å²) in [6.45, 7) is 1.24. The Hall–Kier alpha value is -4.08. The van der Waals surface area contributed by atoms with Gasteiger partial charge in [0.15, 0.2) is 0 Å². The fourth-order valence-corrected chi connectivity index (χ4v) is 3.74. The normalized spacial score (nSPS) is 11.5. The molecule has 0 aromatic heterocycles. The van der Waals surface area contributed by atoms with Gasteiger partial charge >= 0.3 is 12.2 Å². The highest BCUT2D eigenvalue weighted by Crippen LogP contribution is 2.30. The third kappa shape index (κ3) is 9.14. The van der Waals surface area contributed by atoms with Gasteiger partial charge in [0.1, 0.15) is 18.5 Å². The van der Waals surface area contributed by atoms with Crippen LogP contribution in [0.1, 0.15) is 23.5 Å². The number of hydrogen-bond donors (Lipinski definition) is 4. The number of anilines is 2. The first-order chi connectivity index (χ1) is 18.0. The van der Waals surface area contributed by atoms with Crippen LogP contribution in [0.3, 0.4) is 0 Å². The van der Waals surface area contributed by atoms with E-state index in [2.05, 4.69) is 25.4 Å². The molecule has 0 spiro atoms. The number of benzene rings is 3. The van der Waals surface area contributed by atoms with E-state index in [0.717, 1.165) is 23.3 Å². The minimum atomic E-state index is -0.647. The molecule has 0 radical (unpaired) electrons. The molecule has 9 nitrogen and oxygen atoms in total. The maximum atomic E-state index is 11.5. The van der Waals surface area contributed by atoms with Crippen molar-refractivity contribution < 1.29 is 28.9 Å². The number of hydrogen-bond acceptors (Lipinski definition) is 7. The predicted octanol–water partition coefficient (Wildman–Crippen LogP) is 4.59.